The molecule has 0 spiro atoms. The van der Waals surface area contributed by atoms with Crippen LogP contribution < -0.4 is 0 Å². The minimum absolute atomic E-state index is 0.0422. The van der Waals surface area contributed by atoms with Gasteiger partial charge in [0.2, 0.25) is 0 Å². The molecular formula is C35H40O8. The third-order valence-corrected chi connectivity index (χ3v) is 7.73. The van der Waals surface area contributed by atoms with E-state index in [1.165, 1.54) is 0 Å². The van der Waals surface area contributed by atoms with Crippen molar-refractivity contribution in [1.82, 2.24) is 0 Å². The minimum atomic E-state index is -1.95. The van der Waals surface area contributed by atoms with E-state index in [4.69, 9.17) is 14.2 Å². The van der Waals surface area contributed by atoms with Gasteiger partial charge in [-0.05, 0) is 36.3 Å². The van der Waals surface area contributed by atoms with Crippen LogP contribution in [-0.2, 0) is 51.0 Å². The Labute approximate surface area is 253 Å². The summed E-state index contributed by atoms with van der Waals surface area (Å²) < 4.78 is 16.0. The Balaban J connectivity index is 1.81. The van der Waals surface area contributed by atoms with Crippen LogP contribution in [0.15, 0.2) is 85.0 Å². The zero-order chi connectivity index (χ0) is 31.6. The fraction of sp³-hybridized carbons (Fsp3) is 0.400. The van der Waals surface area contributed by atoms with Crippen molar-refractivity contribution in [3.63, 3.8) is 0 Å². The predicted octanol–water partition coefficient (Wildman–Crippen LogP) is 5.18. The van der Waals surface area contributed by atoms with Gasteiger partial charge in [0.25, 0.3) is 0 Å². The zero-order valence-corrected chi connectivity index (χ0v) is 25.2. The molecule has 43 heavy (non-hydrogen) atoms. The summed E-state index contributed by atoms with van der Waals surface area (Å²) in [5.74, 6) is -4.85. The van der Waals surface area contributed by atoms with Crippen LogP contribution in [-0.4, -0.2) is 49.3 Å². The van der Waals surface area contributed by atoms with E-state index in [1.54, 1.807) is 20.8 Å². The number of Topliss-reactive ketones (excluding diaryl/α,β-unsaturated/α-hetero) is 2. The van der Waals surface area contributed by atoms with Gasteiger partial charge in [0.05, 0.1) is 25.2 Å². The summed E-state index contributed by atoms with van der Waals surface area (Å²) in [7, 11) is 0. The number of benzene rings is 2. The van der Waals surface area contributed by atoms with Crippen LogP contribution in [0.2, 0.25) is 0 Å². The Morgan fingerprint density at radius 3 is 1.63 bits per heavy atom. The Morgan fingerprint density at radius 2 is 1.21 bits per heavy atom. The maximum atomic E-state index is 14.2. The molecule has 8 nitrogen and oxygen atoms in total. The predicted molar refractivity (Wildman–Crippen MR) is 161 cm³/mol. The van der Waals surface area contributed by atoms with Crippen LogP contribution >= 0.6 is 0 Å². The molecule has 0 heterocycles. The summed E-state index contributed by atoms with van der Waals surface area (Å²) in [6, 6.07) is 18.9. The number of rotatable bonds is 14. The molecule has 0 saturated heterocycles. The van der Waals surface area contributed by atoms with Crippen LogP contribution in [0.4, 0.5) is 0 Å². The quantitative estimate of drug-likeness (QED) is 0.128. The highest BCUT2D eigenvalue weighted by molar-refractivity contribution is 6.18. The molecule has 2 aromatic carbocycles. The van der Waals surface area contributed by atoms with Crippen LogP contribution in [0, 0.1) is 16.7 Å². The van der Waals surface area contributed by atoms with Crippen LogP contribution in [0.25, 0.3) is 0 Å². The summed E-state index contributed by atoms with van der Waals surface area (Å²) in [5, 5.41) is 0. The van der Waals surface area contributed by atoms with Gasteiger partial charge in [0.1, 0.15) is 11.7 Å². The van der Waals surface area contributed by atoms with Crippen molar-refractivity contribution in [2.75, 3.05) is 19.8 Å². The summed E-state index contributed by atoms with van der Waals surface area (Å²) in [4.78, 5) is 67.0. The first-order valence-electron chi connectivity index (χ1n) is 14.4. The van der Waals surface area contributed by atoms with Gasteiger partial charge in [-0.2, -0.15) is 0 Å². The molecule has 2 aromatic rings. The van der Waals surface area contributed by atoms with E-state index in [2.05, 4.69) is 13.2 Å². The molecule has 0 aromatic heterocycles. The lowest BCUT2D eigenvalue weighted by atomic mass is 9.54. The van der Waals surface area contributed by atoms with Crippen molar-refractivity contribution in [1.29, 1.82) is 0 Å². The van der Waals surface area contributed by atoms with E-state index in [9.17, 15) is 24.0 Å². The molecule has 8 heteroatoms. The van der Waals surface area contributed by atoms with Gasteiger partial charge in [-0.3, -0.25) is 14.4 Å². The summed E-state index contributed by atoms with van der Waals surface area (Å²) in [6.07, 6.45) is -0.0929. The molecule has 0 amide bonds. The van der Waals surface area contributed by atoms with E-state index in [0.29, 0.717) is 12.8 Å². The average molecular weight is 589 g/mol. The van der Waals surface area contributed by atoms with Gasteiger partial charge in [0, 0.05) is 30.4 Å². The highest BCUT2D eigenvalue weighted by Crippen LogP contribution is 2.50. The molecule has 1 saturated carbocycles. The first-order valence-corrected chi connectivity index (χ1v) is 14.4. The number of esters is 3. The highest BCUT2D eigenvalue weighted by atomic mass is 16.5. The van der Waals surface area contributed by atoms with E-state index in [1.807, 2.05) is 60.7 Å². The van der Waals surface area contributed by atoms with Gasteiger partial charge in [-0.1, -0.05) is 87.7 Å². The molecule has 1 aliphatic rings. The lowest BCUT2D eigenvalue weighted by molar-refractivity contribution is -0.167. The van der Waals surface area contributed by atoms with Crippen LogP contribution in [0.3, 0.4) is 0 Å². The maximum Gasteiger partial charge on any atom is 0.333 e. The number of ketones is 2. The molecule has 1 aliphatic carbocycles. The Kier molecular flexibility index (Phi) is 11.4. The number of hydrogen-bond acceptors (Lipinski definition) is 8. The normalized spacial score (nSPS) is 17.0. The second kappa shape index (κ2) is 14.7. The van der Waals surface area contributed by atoms with Crippen molar-refractivity contribution in [2.45, 2.75) is 52.9 Å². The SMILES string of the molecule is C=C(CC1(CC(=C)C(=O)OCCc2ccccc2)C(=O)CC(C)(C)C(C(=O)OCC)C1=O)C(=O)OCCc1ccccc1. The third-order valence-electron chi connectivity index (χ3n) is 7.73. The Morgan fingerprint density at radius 1 is 0.767 bits per heavy atom. The fourth-order valence-corrected chi connectivity index (χ4v) is 5.43. The van der Waals surface area contributed by atoms with Crippen molar-refractivity contribution in [3.05, 3.63) is 96.1 Å². The molecule has 1 atom stereocenters. The fourth-order valence-electron chi connectivity index (χ4n) is 5.43. The Hall–Kier alpha value is -4.33. The van der Waals surface area contributed by atoms with Crippen molar-refractivity contribution in [3.8, 4) is 0 Å². The second-order valence-corrected chi connectivity index (χ2v) is 11.5. The number of carbonyl (C=O) groups excluding carboxylic acids is 5. The lowest BCUT2D eigenvalue weighted by Crippen LogP contribution is -2.57. The molecule has 0 radical (unpaired) electrons. The molecule has 3 rings (SSSR count). The molecule has 0 N–H and O–H groups in total. The van der Waals surface area contributed by atoms with Crippen LogP contribution in [0.5, 0.6) is 0 Å². The standard InChI is InChI=1S/C35H40O8/c1-6-41-33(40)29-30(37)35(28(36)23-34(29,4)5,21-24(2)31(38)42-19-17-26-13-9-7-10-14-26)22-25(3)32(39)43-20-18-27-15-11-8-12-16-27/h7-16,29H,2-3,6,17-23H2,1,4-5H3. The molecule has 0 aliphatic heterocycles. The molecular weight excluding hydrogens is 548 g/mol. The van der Waals surface area contributed by atoms with Gasteiger partial charge in [0.15, 0.2) is 5.78 Å². The zero-order valence-electron chi connectivity index (χ0n) is 25.2. The summed E-state index contributed by atoms with van der Waals surface area (Å²) >= 11 is 0. The molecule has 228 valence electrons. The van der Waals surface area contributed by atoms with E-state index in [0.717, 1.165) is 11.1 Å². The van der Waals surface area contributed by atoms with Crippen LogP contribution in [0.1, 0.15) is 51.2 Å². The topological polar surface area (TPSA) is 113 Å². The smallest absolute Gasteiger partial charge is 0.333 e. The van der Waals surface area contributed by atoms with Crippen molar-refractivity contribution >= 4 is 29.5 Å². The minimum Gasteiger partial charge on any atom is -0.465 e. The lowest BCUT2D eigenvalue weighted by Gasteiger charge is -2.45. The third kappa shape index (κ3) is 8.37. The van der Waals surface area contributed by atoms with Gasteiger partial charge in [-0.15, -0.1) is 0 Å². The van der Waals surface area contributed by atoms with Gasteiger partial charge >= 0.3 is 17.9 Å². The average Bonchev–Trinajstić information content (AvgIpc) is 2.96. The molecule has 0 bridgehead atoms. The number of carbonyl (C=O) groups is 5. The second-order valence-electron chi connectivity index (χ2n) is 11.5. The van der Waals surface area contributed by atoms with E-state index < -0.39 is 59.1 Å². The summed E-state index contributed by atoms with van der Waals surface area (Å²) in [6.45, 7) is 12.7. The largest absolute Gasteiger partial charge is 0.465 e. The first-order chi connectivity index (χ1) is 20.4. The number of hydrogen-bond donors (Lipinski definition) is 0. The molecule has 1 unspecified atom stereocenters. The first kappa shape index (κ1) is 33.2. The van der Waals surface area contributed by atoms with Crippen molar-refractivity contribution < 1.29 is 38.2 Å². The Bertz CT molecular complexity index is 1290. The van der Waals surface area contributed by atoms with E-state index in [-0.39, 0.29) is 37.4 Å². The molecule has 1 fully saturated rings. The highest BCUT2D eigenvalue weighted by Gasteiger charge is 2.60. The monoisotopic (exact) mass is 588 g/mol. The van der Waals surface area contributed by atoms with E-state index >= 15 is 0 Å². The van der Waals surface area contributed by atoms with Gasteiger partial charge < -0.3 is 14.2 Å². The summed E-state index contributed by atoms with van der Waals surface area (Å²) in [5.41, 5.74) is -1.30. The van der Waals surface area contributed by atoms with Crippen molar-refractivity contribution in [2.24, 2.45) is 16.7 Å². The number of ether oxygens (including phenoxy) is 3. The van der Waals surface area contributed by atoms with Gasteiger partial charge in [-0.25, -0.2) is 9.59 Å². The maximum absolute atomic E-state index is 14.2.